The van der Waals surface area contributed by atoms with Crippen LogP contribution in [0.1, 0.15) is 23.1 Å². The number of nitrogens with zero attached hydrogens (tertiary/aromatic N) is 4. The highest BCUT2D eigenvalue weighted by atomic mass is 19.3. The Morgan fingerprint density at radius 3 is 2.72 bits per heavy atom. The number of aliphatic imine (C=N–C) groups is 1. The number of alkyl halides is 2. The first-order valence-electron chi connectivity index (χ1n) is 9.16. The van der Waals surface area contributed by atoms with Crippen LogP contribution in [-0.4, -0.2) is 59.7 Å². The molecule has 0 saturated heterocycles. The first-order chi connectivity index (χ1) is 15.1. The molecule has 32 heavy (non-hydrogen) atoms. The summed E-state index contributed by atoms with van der Waals surface area (Å²) >= 11 is 0. The number of ether oxygens (including phenoxy) is 3. The van der Waals surface area contributed by atoms with E-state index in [0.29, 0.717) is 6.61 Å². The summed E-state index contributed by atoms with van der Waals surface area (Å²) in [5.41, 5.74) is 7.70. The summed E-state index contributed by atoms with van der Waals surface area (Å²) in [6.45, 7) is 0.356. The van der Waals surface area contributed by atoms with Gasteiger partial charge in [0.15, 0.2) is 23.7 Å². The normalized spacial score (nSPS) is 19.6. The van der Waals surface area contributed by atoms with Crippen molar-refractivity contribution >= 4 is 23.6 Å². The van der Waals surface area contributed by atoms with Gasteiger partial charge in [-0.2, -0.15) is 13.8 Å². The Hall–Kier alpha value is -3.68. The molecule has 11 nitrogen and oxygen atoms in total. The van der Waals surface area contributed by atoms with E-state index >= 15 is 0 Å². The maximum absolute atomic E-state index is 14.5. The number of hydrogen-bond acceptors (Lipinski definition) is 10. The molecule has 2 aromatic heterocycles. The van der Waals surface area contributed by atoms with E-state index in [4.69, 9.17) is 20.9 Å². The fraction of sp³-hybridized carbons (Fsp3) is 0.389. The number of methoxy groups -OCH3 is 1. The average Bonchev–Trinajstić information content (AvgIpc) is 2.73. The van der Waals surface area contributed by atoms with Gasteiger partial charge in [-0.25, -0.2) is 19.4 Å². The van der Waals surface area contributed by atoms with Crippen molar-refractivity contribution in [3.8, 4) is 5.88 Å². The lowest BCUT2D eigenvalue weighted by Crippen LogP contribution is -2.51. The molecule has 0 saturated carbocycles. The second-order valence-corrected chi connectivity index (χ2v) is 6.78. The topological polar surface area (TPSA) is 160 Å². The van der Waals surface area contributed by atoms with Gasteiger partial charge in [0, 0.05) is 7.11 Å². The predicted molar refractivity (Wildman–Crippen MR) is 106 cm³/mol. The van der Waals surface area contributed by atoms with Gasteiger partial charge in [0.05, 0.1) is 12.8 Å². The van der Waals surface area contributed by atoms with Crippen molar-refractivity contribution in [3.05, 3.63) is 35.5 Å². The molecule has 0 spiro atoms. The quantitative estimate of drug-likeness (QED) is 0.519. The third-order valence-electron chi connectivity index (χ3n) is 4.53. The van der Waals surface area contributed by atoms with E-state index in [9.17, 15) is 18.0 Å². The molecule has 0 aromatic carbocycles. The Labute approximate surface area is 180 Å². The summed E-state index contributed by atoms with van der Waals surface area (Å²) in [6.07, 6.45) is 1.17. The van der Waals surface area contributed by atoms with Crippen LogP contribution in [0.5, 0.6) is 5.88 Å². The van der Waals surface area contributed by atoms with Crippen LogP contribution in [0.15, 0.2) is 23.3 Å². The largest absolute Gasteiger partial charge is 0.474 e. The van der Waals surface area contributed by atoms with E-state index in [1.54, 1.807) is 0 Å². The van der Waals surface area contributed by atoms with E-state index < -0.39 is 41.5 Å². The number of amides is 1. The van der Waals surface area contributed by atoms with Crippen LogP contribution in [0, 0.1) is 5.82 Å². The van der Waals surface area contributed by atoms with E-state index in [-0.39, 0.29) is 29.8 Å². The maximum Gasteiger partial charge on any atom is 0.311 e. The molecule has 1 aliphatic heterocycles. The highest BCUT2D eigenvalue weighted by molar-refractivity contribution is 6.05. The SMILES string of the molecule is COCCOc1cnc(C(=O)Nc2ccc(F)c([C@@]3(C)N=C(N)OCC3(F)F)n2)c(N)n1. The number of nitrogens with one attached hydrogen (secondary N) is 1. The Bertz CT molecular complexity index is 1050. The second-order valence-electron chi connectivity index (χ2n) is 6.78. The third-order valence-corrected chi connectivity index (χ3v) is 4.53. The van der Waals surface area contributed by atoms with Gasteiger partial charge in [0.2, 0.25) is 5.88 Å². The van der Waals surface area contributed by atoms with Crippen LogP contribution >= 0.6 is 0 Å². The highest BCUT2D eigenvalue weighted by Crippen LogP contribution is 2.43. The number of hydrogen-bond donors (Lipinski definition) is 3. The lowest BCUT2D eigenvalue weighted by Gasteiger charge is -2.36. The summed E-state index contributed by atoms with van der Waals surface area (Å²) in [5.74, 6) is -5.97. The summed E-state index contributed by atoms with van der Waals surface area (Å²) in [6, 6.07) is 1.41. The average molecular weight is 455 g/mol. The Balaban J connectivity index is 1.85. The molecule has 0 unspecified atom stereocenters. The number of pyridine rings is 1. The molecule has 0 aliphatic carbocycles. The number of halogens is 3. The zero-order valence-electron chi connectivity index (χ0n) is 17.1. The van der Waals surface area contributed by atoms with Gasteiger partial charge in [-0.3, -0.25) is 4.79 Å². The molecule has 0 fully saturated rings. The first kappa shape index (κ1) is 23.0. The van der Waals surface area contributed by atoms with Gasteiger partial charge in [-0.1, -0.05) is 0 Å². The molecule has 14 heteroatoms. The molecule has 1 atom stereocenters. The summed E-state index contributed by atoms with van der Waals surface area (Å²) < 4.78 is 58.1. The minimum absolute atomic E-state index is 0.0726. The molecular formula is C18H20F3N7O4. The molecular weight excluding hydrogens is 435 g/mol. The Kier molecular flexibility index (Phi) is 6.34. The van der Waals surface area contributed by atoms with Gasteiger partial charge in [0.1, 0.15) is 23.9 Å². The number of carbonyl (C=O) groups excluding carboxylic acids is 1. The van der Waals surface area contributed by atoms with E-state index in [1.807, 2.05) is 0 Å². The molecule has 5 N–H and O–H groups in total. The third kappa shape index (κ3) is 4.49. The van der Waals surface area contributed by atoms with Crippen LogP contribution in [0.3, 0.4) is 0 Å². The fourth-order valence-electron chi connectivity index (χ4n) is 2.75. The number of nitrogens with two attached hydrogens (primary N) is 2. The van der Waals surface area contributed by atoms with Crippen molar-refractivity contribution < 1.29 is 32.2 Å². The van der Waals surface area contributed by atoms with Crippen molar-refractivity contribution in [1.29, 1.82) is 0 Å². The number of amidine groups is 1. The van der Waals surface area contributed by atoms with Gasteiger partial charge in [0.25, 0.3) is 11.9 Å². The van der Waals surface area contributed by atoms with Crippen LogP contribution in [0.2, 0.25) is 0 Å². The second kappa shape index (κ2) is 8.82. The zero-order chi connectivity index (χ0) is 23.5. The van der Waals surface area contributed by atoms with E-state index in [2.05, 4.69) is 30.0 Å². The van der Waals surface area contributed by atoms with Gasteiger partial charge >= 0.3 is 5.92 Å². The van der Waals surface area contributed by atoms with Gasteiger partial charge in [-0.05, 0) is 19.1 Å². The molecule has 3 heterocycles. The first-order valence-corrected chi connectivity index (χ1v) is 9.16. The van der Waals surface area contributed by atoms with Crippen molar-refractivity contribution in [3.63, 3.8) is 0 Å². The Morgan fingerprint density at radius 2 is 2.03 bits per heavy atom. The maximum atomic E-state index is 14.5. The lowest BCUT2D eigenvalue weighted by molar-refractivity contribution is -0.118. The van der Waals surface area contributed by atoms with Gasteiger partial charge in [-0.15, -0.1) is 0 Å². The lowest BCUT2D eigenvalue weighted by atomic mass is 9.89. The molecule has 0 radical (unpaired) electrons. The van der Waals surface area contributed by atoms with Crippen LogP contribution < -0.4 is 21.5 Å². The smallest absolute Gasteiger partial charge is 0.311 e. The number of anilines is 2. The molecule has 1 aliphatic rings. The predicted octanol–water partition coefficient (Wildman–Crippen LogP) is 1.07. The van der Waals surface area contributed by atoms with Crippen LogP contribution in [-0.2, 0) is 15.0 Å². The van der Waals surface area contributed by atoms with Gasteiger partial charge < -0.3 is 31.0 Å². The molecule has 1 amide bonds. The molecule has 3 rings (SSSR count). The minimum Gasteiger partial charge on any atom is -0.474 e. The summed E-state index contributed by atoms with van der Waals surface area (Å²) in [5, 5.41) is 2.32. The minimum atomic E-state index is -3.62. The standard InChI is InChI=1S/C18H20F3N7O4/c1-17(18(20,21)8-32-16(23)28-17)13-9(19)3-4-10(25-13)26-15(29)12-14(22)27-11(7-24-12)31-6-5-30-2/h3-4,7H,5-6,8H2,1-2H3,(H2,22,27)(H2,23,28)(H,25,26,29)/t17-/m1/s1. The monoisotopic (exact) mass is 455 g/mol. The molecule has 0 bridgehead atoms. The summed E-state index contributed by atoms with van der Waals surface area (Å²) in [4.78, 5) is 27.7. The van der Waals surface area contributed by atoms with Crippen LogP contribution in [0.25, 0.3) is 0 Å². The van der Waals surface area contributed by atoms with Crippen LogP contribution in [0.4, 0.5) is 24.8 Å². The van der Waals surface area contributed by atoms with Crippen molar-refractivity contribution in [2.75, 3.05) is 38.0 Å². The summed E-state index contributed by atoms with van der Waals surface area (Å²) in [7, 11) is 1.50. The number of rotatable bonds is 7. The van der Waals surface area contributed by atoms with E-state index in [0.717, 1.165) is 19.1 Å². The Morgan fingerprint density at radius 1 is 1.28 bits per heavy atom. The van der Waals surface area contributed by atoms with Crippen molar-refractivity contribution in [2.45, 2.75) is 18.4 Å². The van der Waals surface area contributed by atoms with Crippen molar-refractivity contribution in [2.24, 2.45) is 10.7 Å². The highest BCUT2D eigenvalue weighted by Gasteiger charge is 2.57. The molecule has 172 valence electrons. The molecule has 2 aromatic rings. The van der Waals surface area contributed by atoms with E-state index in [1.165, 1.54) is 13.3 Å². The number of carbonyl (C=O) groups is 1. The van der Waals surface area contributed by atoms with Crippen molar-refractivity contribution in [1.82, 2.24) is 15.0 Å². The number of aromatic nitrogens is 3. The number of nitrogen functional groups attached to an aromatic ring is 1. The fourth-order valence-corrected chi connectivity index (χ4v) is 2.75. The zero-order valence-corrected chi connectivity index (χ0v) is 17.1.